The van der Waals surface area contributed by atoms with Crippen molar-refractivity contribution >= 4 is 38.9 Å². The number of anilines is 1. The summed E-state index contributed by atoms with van der Waals surface area (Å²) in [6, 6.07) is 13.0. The van der Waals surface area contributed by atoms with Crippen LogP contribution in [-0.2, 0) is 14.8 Å². The fraction of sp³-hybridized carbons (Fsp3) is 0.417. The first-order valence-corrected chi connectivity index (χ1v) is 13.3. The fourth-order valence-electron chi connectivity index (χ4n) is 3.65. The van der Waals surface area contributed by atoms with Gasteiger partial charge in [-0.05, 0) is 74.4 Å². The summed E-state index contributed by atoms with van der Waals surface area (Å²) in [4.78, 5) is 12.7. The van der Waals surface area contributed by atoms with Crippen LogP contribution >= 0.6 is 12.2 Å². The number of sulfonamides is 1. The Morgan fingerprint density at radius 1 is 1.06 bits per heavy atom. The highest BCUT2D eigenvalue weighted by molar-refractivity contribution is 7.89. The van der Waals surface area contributed by atoms with Crippen molar-refractivity contribution in [2.24, 2.45) is 0 Å². The SMILES string of the molecule is CCOCCOc1cccc(C(=O)NC(=S)Nc2ccc(S(=O)(=O)NC3CCCCC3)cc2)c1. The average molecular weight is 506 g/mol. The maximum absolute atomic E-state index is 12.6. The predicted molar refractivity (Wildman–Crippen MR) is 136 cm³/mol. The van der Waals surface area contributed by atoms with Gasteiger partial charge in [0.25, 0.3) is 5.91 Å². The Hall–Kier alpha value is -2.53. The summed E-state index contributed by atoms with van der Waals surface area (Å²) in [6.07, 6.45) is 4.99. The van der Waals surface area contributed by atoms with Gasteiger partial charge in [-0.1, -0.05) is 25.3 Å². The number of hydrogen-bond acceptors (Lipinski definition) is 6. The molecule has 34 heavy (non-hydrogen) atoms. The number of thiocarbonyl (C=S) groups is 1. The third kappa shape index (κ3) is 8.05. The van der Waals surface area contributed by atoms with Gasteiger partial charge >= 0.3 is 0 Å². The van der Waals surface area contributed by atoms with Crippen molar-refractivity contribution in [3.63, 3.8) is 0 Å². The van der Waals surface area contributed by atoms with Crippen LogP contribution in [0.4, 0.5) is 5.69 Å². The van der Waals surface area contributed by atoms with Crippen LogP contribution in [0.5, 0.6) is 5.75 Å². The van der Waals surface area contributed by atoms with Crippen LogP contribution in [-0.4, -0.2) is 45.3 Å². The van der Waals surface area contributed by atoms with Crippen LogP contribution in [0, 0.1) is 0 Å². The molecule has 2 aromatic rings. The van der Waals surface area contributed by atoms with Crippen molar-refractivity contribution in [3.05, 3.63) is 54.1 Å². The van der Waals surface area contributed by atoms with Crippen molar-refractivity contribution in [2.45, 2.75) is 50.0 Å². The third-order valence-corrected chi connectivity index (χ3v) is 7.11. The lowest BCUT2D eigenvalue weighted by Gasteiger charge is -2.22. The lowest BCUT2D eigenvalue weighted by Crippen LogP contribution is -2.36. The van der Waals surface area contributed by atoms with E-state index in [-0.39, 0.29) is 22.0 Å². The van der Waals surface area contributed by atoms with Gasteiger partial charge in [0.1, 0.15) is 12.4 Å². The van der Waals surface area contributed by atoms with Gasteiger partial charge in [0, 0.05) is 23.9 Å². The van der Waals surface area contributed by atoms with Crippen LogP contribution < -0.4 is 20.1 Å². The number of nitrogens with one attached hydrogen (secondary N) is 3. The molecule has 1 fully saturated rings. The summed E-state index contributed by atoms with van der Waals surface area (Å²) in [7, 11) is -3.57. The molecule has 3 N–H and O–H groups in total. The summed E-state index contributed by atoms with van der Waals surface area (Å²) < 4.78 is 38.9. The Balaban J connectivity index is 1.52. The number of carbonyl (C=O) groups excluding carboxylic acids is 1. The second-order valence-corrected chi connectivity index (χ2v) is 10.1. The standard InChI is InChI=1S/C24H31N3O5S2/c1-2-31-15-16-32-21-10-6-7-18(17-21)23(28)26-24(33)25-19-11-13-22(14-12-19)34(29,30)27-20-8-4-3-5-9-20/h6-7,10-14,17,20,27H,2-5,8-9,15-16H2,1H3,(H2,25,26,28,33). The number of hydrogen-bond donors (Lipinski definition) is 3. The van der Waals surface area contributed by atoms with Gasteiger partial charge < -0.3 is 14.8 Å². The highest BCUT2D eigenvalue weighted by atomic mass is 32.2. The summed E-state index contributed by atoms with van der Waals surface area (Å²) >= 11 is 5.24. The molecule has 0 bridgehead atoms. The van der Waals surface area contributed by atoms with E-state index in [1.165, 1.54) is 12.1 Å². The smallest absolute Gasteiger partial charge is 0.257 e. The molecule has 0 aliphatic heterocycles. The van der Waals surface area contributed by atoms with Crippen LogP contribution in [0.25, 0.3) is 0 Å². The van der Waals surface area contributed by atoms with Gasteiger partial charge in [0.05, 0.1) is 11.5 Å². The minimum Gasteiger partial charge on any atom is -0.491 e. The Kier molecular flexibility index (Phi) is 9.82. The van der Waals surface area contributed by atoms with Crippen molar-refractivity contribution in [3.8, 4) is 5.75 Å². The normalized spacial score (nSPS) is 14.4. The highest BCUT2D eigenvalue weighted by Crippen LogP contribution is 2.21. The lowest BCUT2D eigenvalue weighted by atomic mass is 9.96. The molecule has 0 heterocycles. The summed E-state index contributed by atoms with van der Waals surface area (Å²) in [6.45, 7) is 3.39. The maximum Gasteiger partial charge on any atom is 0.257 e. The van der Waals surface area contributed by atoms with Gasteiger partial charge in [-0.15, -0.1) is 0 Å². The van der Waals surface area contributed by atoms with Gasteiger partial charge in [-0.2, -0.15) is 0 Å². The van der Waals surface area contributed by atoms with Gasteiger partial charge in [-0.3, -0.25) is 10.1 Å². The zero-order valence-corrected chi connectivity index (χ0v) is 20.8. The molecule has 1 aliphatic rings. The molecule has 0 radical (unpaired) electrons. The van der Waals surface area contributed by atoms with Crippen LogP contribution in [0.1, 0.15) is 49.4 Å². The van der Waals surface area contributed by atoms with Gasteiger partial charge in [0.15, 0.2) is 5.11 Å². The monoisotopic (exact) mass is 505 g/mol. The molecule has 0 aromatic heterocycles. The zero-order chi connectivity index (χ0) is 24.4. The summed E-state index contributed by atoms with van der Waals surface area (Å²) in [5, 5.41) is 5.62. The summed E-state index contributed by atoms with van der Waals surface area (Å²) in [5.74, 6) is 0.175. The van der Waals surface area contributed by atoms with Crippen molar-refractivity contribution in [1.82, 2.24) is 10.0 Å². The van der Waals surface area contributed by atoms with Crippen LogP contribution in [0.2, 0.25) is 0 Å². The van der Waals surface area contributed by atoms with E-state index in [4.69, 9.17) is 21.7 Å². The molecule has 2 aromatic carbocycles. The van der Waals surface area contributed by atoms with Gasteiger partial charge in [-0.25, -0.2) is 13.1 Å². The Bertz CT molecular complexity index is 1070. The highest BCUT2D eigenvalue weighted by Gasteiger charge is 2.21. The minimum absolute atomic E-state index is 0.00656. The first kappa shape index (κ1) is 26.1. The lowest BCUT2D eigenvalue weighted by molar-refractivity contribution is 0.0976. The summed E-state index contributed by atoms with van der Waals surface area (Å²) in [5.41, 5.74) is 0.961. The van der Waals surface area contributed by atoms with E-state index < -0.39 is 10.0 Å². The molecule has 3 rings (SSSR count). The minimum atomic E-state index is -3.57. The molecule has 0 unspecified atom stereocenters. The van der Waals surface area contributed by atoms with Crippen molar-refractivity contribution in [1.29, 1.82) is 0 Å². The Morgan fingerprint density at radius 2 is 1.79 bits per heavy atom. The molecule has 8 nitrogen and oxygen atoms in total. The zero-order valence-electron chi connectivity index (χ0n) is 19.2. The molecule has 10 heteroatoms. The maximum atomic E-state index is 12.6. The second kappa shape index (κ2) is 12.8. The van der Waals surface area contributed by atoms with Crippen LogP contribution in [0.15, 0.2) is 53.4 Å². The Labute approximate surface area is 206 Å². The molecule has 184 valence electrons. The van der Waals surface area contributed by atoms with E-state index in [0.29, 0.717) is 36.8 Å². The number of carbonyl (C=O) groups is 1. The van der Waals surface area contributed by atoms with E-state index in [0.717, 1.165) is 32.1 Å². The largest absolute Gasteiger partial charge is 0.491 e. The van der Waals surface area contributed by atoms with E-state index in [1.807, 2.05) is 6.92 Å². The predicted octanol–water partition coefficient (Wildman–Crippen LogP) is 3.84. The van der Waals surface area contributed by atoms with E-state index in [2.05, 4.69) is 15.4 Å². The average Bonchev–Trinajstić information content (AvgIpc) is 2.83. The topological polar surface area (TPSA) is 106 Å². The molecule has 0 atom stereocenters. The fourth-order valence-corrected chi connectivity index (χ4v) is 5.17. The second-order valence-electron chi connectivity index (χ2n) is 7.96. The van der Waals surface area contributed by atoms with Crippen molar-refractivity contribution in [2.75, 3.05) is 25.1 Å². The molecule has 0 spiro atoms. The van der Waals surface area contributed by atoms with Crippen LogP contribution in [0.3, 0.4) is 0 Å². The third-order valence-electron chi connectivity index (χ3n) is 5.37. The molecular weight excluding hydrogens is 474 g/mol. The molecule has 1 amide bonds. The number of rotatable bonds is 10. The number of benzene rings is 2. The van der Waals surface area contributed by atoms with E-state index in [1.54, 1.807) is 36.4 Å². The van der Waals surface area contributed by atoms with E-state index >= 15 is 0 Å². The van der Waals surface area contributed by atoms with E-state index in [9.17, 15) is 13.2 Å². The first-order chi connectivity index (χ1) is 16.4. The quantitative estimate of drug-likeness (QED) is 0.333. The molecular formula is C24H31N3O5S2. The number of amides is 1. The first-order valence-electron chi connectivity index (χ1n) is 11.4. The molecule has 1 saturated carbocycles. The molecule has 1 aliphatic carbocycles. The number of ether oxygens (including phenoxy) is 2. The Morgan fingerprint density at radius 3 is 2.50 bits per heavy atom. The van der Waals surface area contributed by atoms with Crippen molar-refractivity contribution < 1.29 is 22.7 Å². The van der Waals surface area contributed by atoms with Gasteiger partial charge in [0.2, 0.25) is 10.0 Å². The molecule has 0 saturated heterocycles.